The summed E-state index contributed by atoms with van der Waals surface area (Å²) in [6, 6.07) is 19.3. The summed E-state index contributed by atoms with van der Waals surface area (Å²) >= 11 is 0. The molecule has 0 radical (unpaired) electrons. The summed E-state index contributed by atoms with van der Waals surface area (Å²) in [5.41, 5.74) is 2.00. The van der Waals surface area contributed by atoms with Gasteiger partial charge in [-0.15, -0.1) is 0 Å². The number of aliphatic hydroxyl groups is 1. The minimum Gasteiger partial charge on any atom is -0.455 e. The van der Waals surface area contributed by atoms with Gasteiger partial charge in [-0.05, 0) is 11.1 Å². The molecule has 0 amide bonds. The number of ether oxygens (including phenoxy) is 3. The van der Waals surface area contributed by atoms with Crippen LogP contribution in [0.3, 0.4) is 0 Å². The highest BCUT2D eigenvalue weighted by molar-refractivity contribution is 5.77. The summed E-state index contributed by atoms with van der Waals surface area (Å²) in [6.07, 6.45) is -2.62. The second-order valence-electron chi connectivity index (χ2n) is 5.68. The smallest absolute Gasteiger partial charge is 0.338 e. The van der Waals surface area contributed by atoms with Crippen LogP contribution in [0.15, 0.2) is 60.7 Å². The topological polar surface area (TPSA) is 65.0 Å². The van der Waals surface area contributed by atoms with E-state index >= 15 is 0 Å². The molecule has 0 saturated carbocycles. The molecule has 0 aromatic heterocycles. The van der Waals surface area contributed by atoms with Crippen molar-refractivity contribution in [3.8, 4) is 0 Å². The molecule has 2 aromatic rings. The van der Waals surface area contributed by atoms with Gasteiger partial charge in [-0.1, -0.05) is 60.7 Å². The molecule has 5 heteroatoms. The van der Waals surface area contributed by atoms with Crippen LogP contribution in [0.5, 0.6) is 0 Å². The minimum atomic E-state index is -1.28. The first-order valence-corrected chi connectivity index (χ1v) is 7.90. The zero-order valence-corrected chi connectivity index (χ0v) is 13.2. The number of cyclic esters (lactones) is 1. The van der Waals surface area contributed by atoms with Crippen molar-refractivity contribution in [3.63, 3.8) is 0 Å². The Hall–Kier alpha value is -2.21. The van der Waals surface area contributed by atoms with Crippen LogP contribution in [0.2, 0.25) is 0 Å². The Labute approximate surface area is 140 Å². The van der Waals surface area contributed by atoms with E-state index in [-0.39, 0.29) is 6.61 Å². The Morgan fingerprint density at radius 3 is 2.12 bits per heavy atom. The van der Waals surface area contributed by atoms with Crippen LogP contribution in [-0.2, 0) is 32.2 Å². The van der Waals surface area contributed by atoms with Crippen molar-refractivity contribution < 1.29 is 24.1 Å². The van der Waals surface area contributed by atoms with Crippen molar-refractivity contribution in [1.29, 1.82) is 0 Å². The minimum absolute atomic E-state index is 0.178. The number of carbonyl (C=O) groups is 1. The van der Waals surface area contributed by atoms with E-state index in [1.807, 2.05) is 60.7 Å². The lowest BCUT2D eigenvalue weighted by atomic mass is 10.1. The maximum atomic E-state index is 11.6. The maximum Gasteiger partial charge on any atom is 0.338 e. The standard InChI is InChI=1S/C19H20O5/c20-17-18(23-12-15-9-5-2-6-10-15)16(24-19(17)21)13-22-11-14-7-3-1-4-8-14/h1-10,16-18,20H,11-13H2/t16-,17-,18?/m1/s1. The van der Waals surface area contributed by atoms with Crippen LogP contribution in [0.1, 0.15) is 11.1 Å². The second-order valence-corrected chi connectivity index (χ2v) is 5.68. The van der Waals surface area contributed by atoms with Gasteiger partial charge in [0.15, 0.2) is 12.2 Å². The third kappa shape index (κ3) is 4.20. The summed E-state index contributed by atoms with van der Waals surface area (Å²) < 4.78 is 16.5. The van der Waals surface area contributed by atoms with E-state index in [0.717, 1.165) is 11.1 Å². The van der Waals surface area contributed by atoms with E-state index in [4.69, 9.17) is 14.2 Å². The molecule has 0 bridgehead atoms. The van der Waals surface area contributed by atoms with Gasteiger partial charge in [0.1, 0.15) is 6.10 Å². The van der Waals surface area contributed by atoms with Gasteiger partial charge in [-0.25, -0.2) is 4.79 Å². The predicted octanol–water partition coefficient (Wildman–Crippen LogP) is 2.07. The van der Waals surface area contributed by atoms with Crippen molar-refractivity contribution in [2.45, 2.75) is 31.5 Å². The van der Waals surface area contributed by atoms with E-state index in [1.165, 1.54) is 0 Å². The molecule has 1 saturated heterocycles. The highest BCUT2D eigenvalue weighted by Gasteiger charge is 2.44. The molecule has 3 rings (SSSR count). The molecule has 1 unspecified atom stereocenters. The Balaban J connectivity index is 1.53. The summed E-state index contributed by atoms with van der Waals surface area (Å²) in [6.45, 7) is 0.891. The molecule has 0 spiro atoms. The molecule has 3 atom stereocenters. The molecule has 1 heterocycles. The fraction of sp³-hybridized carbons (Fsp3) is 0.316. The molecule has 1 aliphatic rings. The van der Waals surface area contributed by atoms with E-state index in [1.54, 1.807) is 0 Å². The zero-order chi connectivity index (χ0) is 16.8. The van der Waals surface area contributed by atoms with E-state index in [2.05, 4.69) is 0 Å². The van der Waals surface area contributed by atoms with Gasteiger partial charge < -0.3 is 19.3 Å². The van der Waals surface area contributed by atoms with Crippen LogP contribution in [0, 0.1) is 0 Å². The van der Waals surface area contributed by atoms with Crippen LogP contribution < -0.4 is 0 Å². The Morgan fingerprint density at radius 1 is 0.917 bits per heavy atom. The number of benzene rings is 2. The van der Waals surface area contributed by atoms with Crippen molar-refractivity contribution in [2.75, 3.05) is 6.61 Å². The molecule has 1 N–H and O–H groups in total. The summed E-state index contributed by atoms with van der Waals surface area (Å²) in [4.78, 5) is 11.6. The number of hydrogen-bond donors (Lipinski definition) is 1. The normalized spacial score (nSPS) is 23.2. The fourth-order valence-electron chi connectivity index (χ4n) is 2.58. The van der Waals surface area contributed by atoms with Crippen LogP contribution >= 0.6 is 0 Å². The largest absolute Gasteiger partial charge is 0.455 e. The van der Waals surface area contributed by atoms with Gasteiger partial charge in [0.05, 0.1) is 19.8 Å². The van der Waals surface area contributed by atoms with Gasteiger partial charge >= 0.3 is 5.97 Å². The number of esters is 1. The molecule has 1 aliphatic heterocycles. The molecule has 126 valence electrons. The molecule has 0 aliphatic carbocycles. The molecular formula is C19H20O5. The highest BCUT2D eigenvalue weighted by Crippen LogP contribution is 2.21. The number of aliphatic hydroxyl groups excluding tert-OH is 1. The second kappa shape index (κ2) is 8.06. The van der Waals surface area contributed by atoms with E-state index < -0.39 is 24.3 Å². The molecule has 24 heavy (non-hydrogen) atoms. The lowest BCUT2D eigenvalue weighted by Crippen LogP contribution is -2.36. The number of hydrogen-bond acceptors (Lipinski definition) is 5. The van der Waals surface area contributed by atoms with Gasteiger partial charge in [-0.2, -0.15) is 0 Å². The summed E-state index contributed by atoms with van der Waals surface area (Å²) in [5, 5.41) is 9.97. The SMILES string of the molecule is O=C1O[C@H](COCc2ccccc2)C(OCc2ccccc2)[C@H]1O. The third-order valence-corrected chi connectivity index (χ3v) is 3.87. The third-order valence-electron chi connectivity index (χ3n) is 3.87. The van der Waals surface area contributed by atoms with Crippen molar-refractivity contribution in [3.05, 3.63) is 71.8 Å². The van der Waals surface area contributed by atoms with Crippen molar-refractivity contribution in [2.24, 2.45) is 0 Å². The average molecular weight is 328 g/mol. The zero-order valence-electron chi connectivity index (χ0n) is 13.2. The van der Waals surface area contributed by atoms with E-state index in [0.29, 0.717) is 13.2 Å². The first kappa shape index (κ1) is 16.6. The fourth-order valence-corrected chi connectivity index (χ4v) is 2.58. The van der Waals surface area contributed by atoms with Crippen molar-refractivity contribution in [1.82, 2.24) is 0 Å². The van der Waals surface area contributed by atoms with E-state index in [9.17, 15) is 9.90 Å². The number of rotatable bonds is 7. The Bertz CT molecular complexity index is 643. The quantitative estimate of drug-likeness (QED) is 0.788. The van der Waals surface area contributed by atoms with Gasteiger partial charge in [0.2, 0.25) is 0 Å². The maximum absolute atomic E-state index is 11.6. The number of carbonyl (C=O) groups excluding carboxylic acids is 1. The summed E-state index contributed by atoms with van der Waals surface area (Å²) in [7, 11) is 0. The van der Waals surface area contributed by atoms with Crippen LogP contribution in [-0.4, -0.2) is 36.0 Å². The molecular weight excluding hydrogens is 308 g/mol. The molecule has 5 nitrogen and oxygen atoms in total. The van der Waals surface area contributed by atoms with Crippen LogP contribution in [0.4, 0.5) is 0 Å². The first-order chi connectivity index (χ1) is 11.7. The molecule has 2 aromatic carbocycles. The predicted molar refractivity (Wildman–Crippen MR) is 87.0 cm³/mol. The lowest BCUT2D eigenvalue weighted by molar-refractivity contribution is -0.149. The van der Waals surface area contributed by atoms with Gasteiger partial charge in [-0.3, -0.25) is 0 Å². The first-order valence-electron chi connectivity index (χ1n) is 7.90. The lowest BCUT2D eigenvalue weighted by Gasteiger charge is -2.19. The monoisotopic (exact) mass is 328 g/mol. The van der Waals surface area contributed by atoms with Crippen LogP contribution in [0.25, 0.3) is 0 Å². The van der Waals surface area contributed by atoms with Gasteiger partial charge in [0.25, 0.3) is 0 Å². The average Bonchev–Trinajstić information content (AvgIpc) is 2.89. The van der Waals surface area contributed by atoms with Gasteiger partial charge in [0, 0.05) is 0 Å². The summed E-state index contributed by atoms with van der Waals surface area (Å²) in [5.74, 6) is -0.665. The molecule has 1 fully saturated rings. The highest BCUT2D eigenvalue weighted by atomic mass is 16.6. The Kier molecular flexibility index (Phi) is 5.59. The Morgan fingerprint density at radius 2 is 1.50 bits per heavy atom. The van der Waals surface area contributed by atoms with Crippen molar-refractivity contribution >= 4 is 5.97 Å².